The molecule has 0 radical (unpaired) electrons. The van der Waals surface area contributed by atoms with Crippen molar-refractivity contribution in [1.82, 2.24) is 9.80 Å². The number of rotatable bonds is 9. The van der Waals surface area contributed by atoms with Crippen LogP contribution in [-0.4, -0.2) is 71.1 Å². The summed E-state index contributed by atoms with van der Waals surface area (Å²) >= 11 is 0. The second-order valence-corrected chi connectivity index (χ2v) is 9.26. The number of phenolic OH excluding ortho intramolecular Hbond substituents is 1. The number of ketones is 1. The molecule has 2 atom stereocenters. The molecule has 2 aromatic rings. The predicted molar refractivity (Wildman–Crippen MR) is 136 cm³/mol. The van der Waals surface area contributed by atoms with Gasteiger partial charge in [0.1, 0.15) is 17.6 Å². The Kier molecular flexibility index (Phi) is 7.54. The second-order valence-electron chi connectivity index (χ2n) is 9.26. The minimum atomic E-state index is -0.806. The van der Waals surface area contributed by atoms with Crippen molar-refractivity contribution in [3.05, 3.63) is 58.7 Å². The minimum absolute atomic E-state index is 0.0301. The van der Waals surface area contributed by atoms with Crippen LogP contribution in [0.2, 0.25) is 0 Å². The number of aromatic hydroxyl groups is 1. The molecule has 1 saturated heterocycles. The molecule has 8 heteroatoms. The molecule has 1 amide bonds. The van der Waals surface area contributed by atoms with E-state index in [4.69, 9.17) is 9.47 Å². The Morgan fingerprint density at radius 2 is 1.92 bits per heavy atom. The normalized spacial score (nSPS) is 20.6. The van der Waals surface area contributed by atoms with Crippen LogP contribution in [0.4, 0.5) is 0 Å². The van der Waals surface area contributed by atoms with Crippen molar-refractivity contribution in [1.29, 1.82) is 0 Å². The lowest BCUT2D eigenvalue weighted by Crippen LogP contribution is -2.33. The molecule has 0 unspecified atom stereocenters. The topological polar surface area (TPSA) is 99.5 Å². The van der Waals surface area contributed by atoms with Crippen LogP contribution in [0.25, 0.3) is 5.76 Å². The number of carbonyl (C=O) groups is 2. The van der Waals surface area contributed by atoms with Gasteiger partial charge in [-0.15, -0.1) is 0 Å². The third-order valence-electron chi connectivity index (χ3n) is 7.00. The summed E-state index contributed by atoms with van der Waals surface area (Å²) in [4.78, 5) is 30.3. The number of carbonyl (C=O) groups excluding carboxylic acids is 2. The molecule has 1 fully saturated rings. The van der Waals surface area contributed by atoms with Crippen molar-refractivity contribution >= 4 is 17.4 Å². The van der Waals surface area contributed by atoms with Crippen molar-refractivity contribution in [2.45, 2.75) is 45.8 Å². The number of likely N-dealkylation sites (tertiary alicyclic amines) is 1. The number of Topliss-reactive ketones (excluding diaryl/α,β-unsaturated/α-hetero) is 1. The quantitative estimate of drug-likeness (QED) is 0.310. The Labute approximate surface area is 211 Å². The maximum Gasteiger partial charge on any atom is 0.295 e. The molecule has 192 valence electrons. The maximum atomic E-state index is 13.3. The SMILES string of the molecule is CCN(CC)CCCN1C(=O)C(=O)C(=C(O)c2ccc3c(c2)C[C@@H](C)O3)[C@H]1c1ccc(O)c(OC)c1. The van der Waals surface area contributed by atoms with Crippen LogP contribution >= 0.6 is 0 Å². The third-order valence-corrected chi connectivity index (χ3v) is 7.00. The first-order valence-corrected chi connectivity index (χ1v) is 12.5. The second kappa shape index (κ2) is 10.6. The van der Waals surface area contributed by atoms with E-state index in [9.17, 15) is 19.8 Å². The smallest absolute Gasteiger partial charge is 0.295 e. The minimum Gasteiger partial charge on any atom is -0.507 e. The number of fused-ring (bicyclic) bond motifs is 1. The van der Waals surface area contributed by atoms with Gasteiger partial charge in [0.2, 0.25) is 0 Å². The van der Waals surface area contributed by atoms with Gasteiger partial charge in [-0.1, -0.05) is 19.9 Å². The molecule has 0 aromatic heterocycles. The Balaban J connectivity index is 1.77. The van der Waals surface area contributed by atoms with E-state index in [2.05, 4.69) is 18.7 Å². The number of aliphatic hydroxyl groups excluding tert-OH is 1. The van der Waals surface area contributed by atoms with E-state index in [0.717, 1.165) is 30.9 Å². The van der Waals surface area contributed by atoms with Crippen LogP contribution in [-0.2, 0) is 16.0 Å². The number of phenols is 1. The standard InChI is InChI=1S/C28H34N2O6/c1-5-29(6-2)12-7-13-30-25(18-8-10-21(31)23(16-18)35-4)24(27(33)28(30)34)26(32)19-9-11-22-20(15-19)14-17(3)36-22/h8-11,15-17,25,31-32H,5-7,12-14H2,1-4H3/t17-,25-/m1/s1. The fourth-order valence-electron chi connectivity index (χ4n) is 5.05. The van der Waals surface area contributed by atoms with Crippen LogP contribution in [0.3, 0.4) is 0 Å². The number of methoxy groups -OCH3 is 1. The number of amides is 1. The van der Waals surface area contributed by atoms with Gasteiger partial charge in [-0.05, 0) is 74.4 Å². The van der Waals surface area contributed by atoms with Crippen molar-refractivity contribution in [3.63, 3.8) is 0 Å². The number of benzene rings is 2. The van der Waals surface area contributed by atoms with E-state index in [0.29, 0.717) is 30.5 Å². The Morgan fingerprint density at radius 1 is 1.17 bits per heavy atom. The van der Waals surface area contributed by atoms with Gasteiger partial charge in [0.15, 0.2) is 11.5 Å². The summed E-state index contributed by atoms with van der Waals surface area (Å²) in [7, 11) is 1.44. The fourth-order valence-corrected chi connectivity index (χ4v) is 5.05. The van der Waals surface area contributed by atoms with Crippen LogP contribution < -0.4 is 9.47 Å². The van der Waals surface area contributed by atoms with Crippen LogP contribution in [0.1, 0.15) is 49.9 Å². The molecule has 2 N–H and O–H groups in total. The molecule has 2 aliphatic heterocycles. The zero-order chi connectivity index (χ0) is 26.0. The Hall–Kier alpha value is -3.52. The summed E-state index contributed by atoms with van der Waals surface area (Å²) in [5, 5.41) is 21.5. The molecule has 2 aromatic carbocycles. The lowest BCUT2D eigenvalue weighted by Gasteiger charge is -2.27. The van der Waals surface area contributed by atoms with Crippen LogP contribution in [0.5, 0.6) is 17.2 Å². The van der Waals surface area contributed by atoms with E-state index in [1.807, 2.05) is 13.0 Å². The molecule has 8 nitrogen and oxygen atoms in total. The number of hydrogen-bond acceptors (Lipinski definition) is 7. The van der Waals surface area contributed by atoms with Crippen LogP contribution in [0, 0.1) is 0 Å². The van der Waals surface area contributed by atoms with Gasteiger partial charge in [-0.2, -0.15) is 0 Å². The fraction of sp³-hybridized carbons (Fsp3) is 0.429. The average Bonchev–Trinajstić information content (AvgIpc) is 3.37. The first-order chi connectivity index (χ1) is 17.3. The monoisotopic (exact) mass is 494 g/mol. The van der Waals surface area contributed by atoms with Gasteiger partial charge in [-0.25, -0.2) is 0 Å². The molecule has 0 spiro atoms. The predicted octanol–water partition coefficient (Wildman–Crippen LogP) is 3.88. The van der Waals surface area contributed by atoms with E-state index in [1.165, 1.54) is 18.1 Å². The number of hydrogen-bond donors (Lipinski definition) is 2. The number of aliphatic hydroxyl groups is 1. The van der Waals surface area contributed by atoms with Crippen molar-refractivity contribution in [3.8, 4) is 17.2 Å². The summed E-state index contributed by atoms with van der Waals surface area (Å²) < 4.78 is 11.0. The highest BCUT2D eigenvalue weighted by Crippen LogP contribution is 2.42. The van der Waals surface area contributed by atoms with E-state index >= 15 is 0 Å². The number of ether oxygens (including phenoxy) is 2. The summed E-state index contributed by atoms with van der Waals surface area (Å²) in [6.45, 7) is 9.07. The largest absolute Gasteiger partial charge is 0.507 e. The van der Waals surface area contributed by atoms with Gasteiger partial charge < -0.3 is 29.5 Å². The van der Waals surface area contributed by atoms with E-state index in [1.54, 1.807) is 24.3 Å². The summed E-state index contributed by atoms with van der Waals surface area (Å²) in [6.07, 6.45) is 1.42. The third kappa shape index (κ3) is 4.78. The van der Waals surface area contributed by atoms with Gasteiger partial charge in [0.05, 0.1) is 18.7 Å². The highest BCUT2D eigenvalue weighted by molar-refractivity contribution is 6.46. The van der Waals surface area contributed by atoms with Gasteiger partial charge in [0.25, 0.3) is 11.7 Å². The first kappa shape index (κ1) is 25.6. The van der Waals surface area contributed by atoms with Crippen LogP contribution in [0.15, 0.2) is 42.0 Å². The lowest BCUT2D eigenvalue weighted by atomic mass is 9.94. The Bertz CT molecular complexity index is 1190. The zero-order valence-corrected chi connectivity index (χ0v) is 21.3. The van der Waals surface area contributed by atoms with Gasteiger partial charge in [-0.3, -0.25) is 9.59 Å². The average molecular weight is 495 g/mol. The molecule has 2 aliphatic rings. The highest BCUT2D eigenvalue weighted by Gasteiger charge is 2.46. The zero-order valence-electron chi connectivity index (χ0n) is 21.3. The summed E-state index contributed by atoms with van der Waals surface area (Å²) in [5.74, 6) is -0.657. The van der Waals surface area contributed by atoms with Crippen molar-refractivity contribution in [2.24, 2.45) is 0 Å². The van der Waals surface area contributed by atoms with E-state index in [-0.39, 0.29) is 28.9 Å². The molecular formula is C28H34N2O6. The first-order valence-electron chi connectivity index (χ1n) is 12.5. The summed E-state index contributed by atoms with van der Waals surface area (Å²) in [5.41, 5.74) is 2.01. The van der Waals surface area contributed by atoms with Gasteiger partial charge >= 0.3 is 0 Å². The van der Waals surface area contributed by atoms with Gasteiger partial charge in [0, 0.05) is 18.5 Å². The van der Waals surface area contributed by atoms with E-state index < -0.39 is 17.7 Å². The maximum absolute atomic E-state index is 13.3. The van der Waals surface area contributed by atoms with Crippen molar-refractivity contribution in [2.75, 3.05) is 33.3 Å². The molecule has 0 aliphatic carbocycles. The highest BCUT2D eigenvalue weighted by atomic mass is 16.5. The molecular weight excluding hydrogens is 460 g/mol. The Morgan fingerprint density at radius 3 is 2.61 bits per heavy atom. The number of nitrogens with zero attached hydrogens (tertiary/aromatic N) is 2. The molecule has 0 bridgehead atoms. The molecule has 0 saturated carbocycles. The molecule has 4 rings (SSSR count). The molecule has 36 heavy (non-hydrogen) atoms. The molecule has 2 heterocycles. The van der Waals surface area contributed by atoms with Crippen molar-refractivity contribution < 1.29 is 29.3 Å². The summed E-state index contributed by atoms with van der Waals surface area (Å²) in [6, 6.07) is 9.22. The lowest BCUT2D eigenvalue weighted by molar-refractivity contribution is -0.140.